The number of nitrogens with zero attached hydrogens (tertiary/aromatic N) is 4. The van der Waals surface area contributed by atoms with Gasteiger partial charge in [0.2, 0.25) is 5.91 Å². The summed E-state index contributed by atoms with van der Waals surface area (Å²) < 4.78 is 1.80. The SMILES string of the molecule is CC(C(=O)NCc1nncn1C)N1CCNCC1. The fourth-order valence-corrected chi connectivity index (χ4v) is 2.02. The van der Waals surface area contributed by atoms with Gasteiger partial charge in [-0.2, -0.15) is 0 Å². The highest BCUT2D eigenvalue weighted by Gasteiger charge is 2.22. The van der Waals surface area contributed by atoms with Crippen LogP contribution in [-0.4, -0.2) is 57.8 Å². The molecule has 0 saturated carbocycles. The molecule has 2 heterocycles. The van der Waals surface area contributed by atoms with E-state index in [-0.39, 0.29) is 11.9 Å². The molecule has 0 spiro atoms. The molecule has 18 heavy (non-hydrogen) atoms. The summed E-state index contributed by atoms with van der Waals surface area (Å²) in [5.41, 5.74) is 0. The summed E-state index contributed by atoms with van der Waals surface area (Å²) in [5, 5.41) is 13.9. The van der Waals surface area contributed by atoms with Crippen LogP contribution in [0.2, 0.25) is 0 Å². The second kappa shape index (κ2) is 5.92. The molecule has 1 aromatic rings. The molecule has 1 aromatic heterocycles. The van der Waals surface area contributed by atoms with Gasteiger partial charge in [0.15, 0.2) is 5.82 Å². The maximum atomic E-state index is 12.0. The summed E-state index contributed by atoms with van der Waals surface area (Å²) >= 11 is 0. The van der Waals surface area contributed by atoms with Crippen LogP contribution < -0.4 is 10.6 Å². The number of carbonyl (C=O) groups excluding carboxylic acids is 1. The Balaban J connectivity index is 1.82. The van der Waals surface area contributed by atoms with Gasteiger partial charge in [0.05, 0.1) is 12.6 Å². The average molecular weight is 252 g/mol. The van der Waals surface area contributed by atoms with Gasteiger partial charge in [-0.25, -0.2) is 0 Å². The van der Waals surface area contributed by atoms with E-state index in [9.17, 15) is 4.79 Å². The molecule has 7 nitrogen and oxygen atoms in total. The number of hydrogen-bond donors (Lipinski definition) is 2. The molecule has 1 fully saturated rings. The summed E-state index contributed by atoms with van der Waals surface area (Å²) in [4.78, 5) is 14.2. The quantitative estimate of drug-likeness (QED) is 0.698. The van der Waals surface area contributed by atoms with E-state index in [1.165, 1.54) is 0 Å². The fourth-order valence-electron chi connectivity index (χ4n) is 2.02. The molecule has 2 rings (SSSR count). The van der Waals surface area contributed by atoms with E-state index in [1.807, 2.05) is 14.0 Å². The van der Waals surface area contributed by atoms with Crippen molar-refractivity contribution in [3.05, 3.63) is 12.2 Å². The largest absolute Gasteiger partial charge is 0.347 e. The van der Waals surface area contributed by atoms with Gasteiger partial charge in [-0.15, -0.1) is 10.2 Å². The maximum absolute atomic E-state index is 12.0. The zero-order valence-electron chi connectivity index (χ0n) is 10.9. The van der Waals surface area contributed by atoms with Crippen molar-refractivity contribution >= 4 is 5.91 Å². The Bertz CT molecular complexity index is 398. The van der Waals surface area contributed by atoms with E-state index in [0.717, 1.165) is 32.0 Å². The predicted molar refractivity (Wildman–Crippen MR) is 66.8 cm³/mol. The highest BCUT2D eigenvalue weighted by Crippen LogP contribution is 2.01. The van der Waals surface area contributed by atoms with Gasteiger partial charge >= 0.3 is 0 Å². The predicted octanol–water partition coefficient (Wildman–Crippen LogP) is -1.27. The number of nitrogens with one attached hydrogen (secondary N) is 2. The van der Waals surface area contributed by atoms with Crippen molar-refractivity contribution in [1.82, 2.24) is 30.3 Å². The van der Waals surface area contributed by atoms with E-state index in [2.05, 4.69) is 25.7 Å². The standard InChI is InChI=1S/C11H20N6O/c1-9(17-5-3-12-4-6-17)11(18)13-7-10-15-14-8-16(10)2/h8-9,12H,3-7H2,1-2H3,(H,13,18). The van der Waals surface area contributed by atoms with Gasteiger partial charge in [-0.1, -0.05) is 0 Å². The third-order valence-electron chi connectivity index (χ3n) is 3.30. The Morgan fingerprint density at radius 2 is 2.28 bits per heavy atom. The van der Waals surface area contributed by atoms with Gasteiger partial charge in [0, 0.05) is 33.2 Å². The molecular weight excluding hydrogens is 232 g/mol. The third kappa shape index (κ3) is 3.05. The lowest BCUT2D eigenvalue weighted by Crippen LogP contribution is -2.52. The number of aromatic nitrogens is 3. The summed E-state index contributed by atoms with van der Waals surface area (Å²) in [7, 11) is 1.86. The third-order valence-corrected chi connectivity index (χ3v) is 3.30. The first-order valence-corrected chi connectivity index (χ1v) is 6.24. The van der Waals surface area contributed by atoms with Crippen LogP contribution in [-0.2, 0) is 18.4 Å². The van der Waals surface area contributed by atoms with E-state index < -0.39 is 0 Å². The highest BCUT2D eigenvalue weighted by atomic mass is 16.2. The van der Waals surface area contributed by atoms with Crippen molar-refractivity contribution < 1.29 is 4.79 Å². The summed E-state index contributed by atoms with van der Waals surface area (Å²) in [6.45, 7) is 6.09. The summed E-state index contributed by atoms with van der Waals surface area (Å²) in [6, 6.07) is -0.0969. The lowest BCUT2D eigenvalue weighted by molar-refractivity contribution is -0.126. The zero-order valence-corrected chi connectivity index (χ0v) is 10.9. The number of aryl methyl sites for hydroxylation is 1. The Hall–Kier alpha value is -1.47. The molecule has 7 heteroatoms. The van der Waals surface area contributed by atoms with Crippen molar-refractivity contribution in [2.24, 2.45) is 7.05 Å². The Morgan fingerprint density at radius 1 is 1.56 bits per heavy atom. The summed E-state index contributed by atoms with van der Waals surface area (Å²) in [5.74, 6) is 0.802. The lowest BCUT2D eigenvalue weighted by Gasteiger charge is -2.31. The van der Waals surface area contributed by atoms with Crippen molar-refractivity contribution in [2.45, 2.75) is 19.5 Å². The van der Waals surface area contributed by atoms with Gasteiger partial charge in [0.1, 0.15) is 6.33 Å². The van der Waals surface area contributed by atoms with Crippen LogP contribution >= 0.6 is 0 Å². The van der Waals surface area contributed by atoms with E-state index in [0.29, 0.717) is 6.54 Å². The smallest absolute Gasteiger partial charge is 0.237 e. The van der Waals surface area contributed by atoms with Crippen molar-refractivity contribution in [3.63, 3.8) is 0 Å². The Kier molecular flexibility index (Phi) is 4.27. The van der Waals surface area contributed by atoms with Crippen LogP contribution in [0.5, 0.6) is 0 Å². The van der Waals surface area contributed by atoms with Crippen molar-refractivity contribution in [2.75, 3.05) is 26.2 Å². The van der Waals surface area contributed by atoms with Gasteiger partial charge in [0.25, 0.3) is 0 Å². The number of rotatable bonds is 4. The molecule has 1 unspecified atom stereocenters. The molecule has 2 N–H and O–H groups in total. The van der Waals surface area contributed by atoms with Crippen LogP contribution in [0.25, 0.3) is 0 Å². The van der Waals surface area contributed by atoms with Gasteiger partial charge in [-0.3, -0.25) is 9.69 Å². The van der Waals surface area contributed by atoms with Crippen LogP contribution in [0.4, 0.5) is 0 Å². The van der Waals surface area contributed by atoms with Crippen LogP contribution in [0.15, 0.2) is 6.33 Å². The van der Waals surface area contributed by atoms with E-state index in [1.54, 1.807) is 10.9 Å². The van der Waals surface area contributed by atoms with Gasteiger partial charge < -0.3 is 15.2 Å². The molecule has 0 radical (unpaired) electrons. The molecule has 0 aliphatic carbocycles. The van der Waals surface area contributed by atoms with Crippen LogP contribution in [0, 0.1) is 0 Å². The number of hydrogen-bond acceptors (Lipinski definition) is 5. The second-order valence-corrected chi connectivity index (χ2v) is 4.54. The van der Waals surface area contributed by atoms with Crippen LogP contribution in [0.3, 0.4) is 0 Å². The normalized spacial score (nSPS) is 18.6. The molecule has 1 aliphatic rings. The van der Waals surface area contributed by atoms with Crippen LogP contribution in [0.1, 0.15) is 12.7 Å². The maximum Gasteiger partial charge on any atom is 0.237 e. The Labute approximate surface area is 107 Å². The molecule has 1 aliphatic heterocycles. The minimum atomic E-state index is -0.0969. The summed E-state index contributed by atoms with van der Waals surface area (Å²) in [6.07, 6.45) is 1.63. The zero-order chi connectivity index (χ0) is 13.0. The first kappa shape index (κ1) is 13.0. The number of carbonyl (C=O) groups is 1. The van der Waals surface area contributed by atoms with Crippen molar-refractivity contribution in [3.8, 4) is 0 Å². The monoisotopic (exact) mass is 252 g/mol. The first-order valence-electron chi connectivity index (χ1n) is 6.24. The Morgan fingerprint density at radius 3 is 2.89 bits per heavy atom. The molecule has 1 amide bonds. The minimum Gasteiger partial charge on any atom is -0.347 e. The molecule has 100 valence electrons. The van der Waals surface area contributed by atoms with Crippen molar-refractivity contribution in [1.29, 1.82) is 0 Å². The topological polar surface area (TPSA) is 75.1 Å². The number of amides is 1. The minimum absolute atomic E-state index is 0.0416. The van der Waals surface area contributed by atoms with E-state index in [4.69, 9.17) is 0 Å². The molecule has 1 saturated heterocycles. The van der Waals surface area contributed by atoms with Gasteiger partial charge in [-0.05, 0) is 6.92 Å². The van der Waals surface area contributed by atoms with E-state index >= 15 is 0 Å². The fraction of sp³-hybridized carbons (Fsp3) is 0.727. The highest BCUT2D eigenvalue weighted by molar-refractivity contribution is 5.81. The molecule has 0 bridgehead atoms. The second-order valence-electron chi connectivity index (χ2n) is 4.54. The molecule has 0 aromatic carbocycles. The molecule has 1 atom stereocenters. The number of piperazine rings is 1. The lowest BCUT2D eigenvalue weighted by atomic mass is 10.2. The molecular formula is C11H20N6O. The average Bonchev–Trinajstić information content (AvgIpc) is 2.81. The first-order chi connectivity index (χ1) is 8.68.